The van der Waals surface area contributed by atoms with Crippen LogP contribution in [0.4, 0.5) is 4.79 Å². The zero-order valence-electron chi connectivity index (χ0n) is 24.2. The summed E-state index contributed by atoms with van der Waals surface area (Å²) in [4.78, 5) is 24.6. The summed E-state index contributed by atoms with van der Waals surface area (Å²) in [5, 5.41) is 19.9. The molecule has 11 nitrogen and oxygen atoms in total. The smallest absolute Gasteiger partial charge is 0.337 e. The van der Waals surface area contributed by atoms with Gasteiger partial charge in [-0.25, -0.2) is 9.59 Å². The van der Waals surface area contributed by atoms with Crippen LogP contribution < -0.4 is 30.3 Å². The van der Waals surface area contributed by atoms with E-state index in [1.54, 1.807) is 31.3 Å². The first-order chi connectivity index (χ1) is 21.2. The van der Waals surface area contributed by atoms with Crippen molar-refractivity contribution in [2.24, 2.45) is 5.10 Å². The Kier molecular flexibility index (Phi) is 11.6. The maximum atomic E-state index is 12.4. The van der Waals surface area contributed by atoms with Gasteiger partial charge in [-0.1, -0.05) is 36.4 Å². The molecule has 44 heavy (non-hydrogen) atoms. The number of rotatable bonds is 13. The van der Waals surface area contributed by atoms with E-state index in [1.807, 2.05) is 49.4 Å². The zero-order valence-corrected chi connectivity index (χ0v) is 27.4. The Morgan fingerprint density at radius 3 is 2.48 bits per heavy atom. The summed E-state index contributed by atoms with van der Waals surface area (Å²) in [6.45, 7) is 4.06. The standard InChI is InChI=1S/C31H32Br2N4O7/c1-4-42-25-14-21(28-27(30(39)41-3)18(2)35-31(40)36-28)10-11-24(25)43-17-26(38)37-34-15-20-12-22(32)29(23(33)13-20)44-16-19-8-6-5-7-9-19/h5-15,26,28,37-38H,4,16-17H2,1-3H3,(H2,35,36,40)/b34-15-/t26-,28+/m0/s1. The first kappa shape index (κ1) is 32.8. The van der Waals surface area contributed by atoms with Crippen molar-refractivity contribution in [2.75, 3.05) is 20.3 Å². The number of carbonyl (C=O) groups is 2. The van der Waals surface area contributed by atoms with Crippen molar-refractivity contribution < 1.29 is 33.6 Å². The summed E-state index contributed by atoms with van der Waals surface area (Å²) >= 11 is 7.09. The maximum Gasteiger partial charge on any atom is 0.337 e. The predicted molar refractivity (Wildman–Crippen MR) is 172 cm³/mol. The minimum absolute atomic E-state index is 0.146. The van der Waals surface area contributed by atoms with Gasteiger partial charge in [-0.05, 0) is 86.7 Å². The number of benzene rings is 3. The third-order valence-electron chi connectivity index (χ3n) is 6.36. The second-order valence-corrected chi connectivity index (χ2v) is 11.2. The van der Waals surface area contributed by atoms with Crippen molar-refractivity contribution in [3.8, 4) is 17.2 Å². The van der Waals surface area contributed by atoms with Crippen LogP contribution in [0.5, 0.6) is 17.2 Å². The molecular formula is C31H32Br2N4O7. The van der Waals surface area contributed by atoms with Gasteiger partial charge in [0.1, 0.15) is 19.0 Å². The van der Waals surface area contributed by atoms with Crippen LogP contribution >= 0.6 is 31.9 Å². The van der Waals surface area contributed by atoms with E-state index in [2.05, 4.69) is 53.0 Å². The van der Waals surface area contributed by atoms with E-state index in [9.17, 15) is 14.7 Å². The molecule has 4 rings (SSSR count). The molecule has 1 aliphatic rings. The molecular weight excluding hydrogens is 700 g/mol. The molecule has 232 valence electrons. The van der Waals surface area contributed by atoms with Crippen LogP contribution in [-0.4, -0.2) is 49.9 Å². The first-order valence-electron chi connectivity index (χ1n) is 13.6. The van der Waals surface area contributed by atoms with E-state index in [-0.39, 0.29) is 12.2 Å². The number of hydrogen-bond donors (Lipinski definition) is 4. The molecule has 0 spiro atoms. The van der Waals surface area contributed by atoms with Gasteiger partial charge in [-0.3, -0.25) is 5.43 Å². The summed E-state index contributed by atoms with van der Waals surface area (Å²) in [6.07, 6.45) is 0.419. The molecule has 1 aliphatic heterocycles. The SMILES string of the molecule is CCOc1cc([C@H]2NC(=O)NC(C)=C2C(=O)OC)ccc1OC[C@H](O)N/N=C\c1cc(Br)c(OCc2ccccc2)c(Br)c1. The van der Waals surface area contributed by atoms with Crippen LogP contribution in [0.25, 0.3) is 0 Å². The third-order valence-corrected chi connectivity index (χ3v) is 7.53. The lowest BCUT2D eigenvalue weighted by molar-refractivity contribution is -0.136. The zero-order chi connectivity index (χ0) is 31.6. The van der Waals surface area contributed by atoms with E-state index < -0.39 is 24.3 Å². The molecule has 0 bridgehead atoms. The lowest BCUT2D eigenvalue weighted by Gasteiger charge is -2.28. The van der Waals surface area contributed by atoms with Gasteiger partial charge in [0.25, 0.3) is 0 Å². The second kappa shape index (κ2) is 15.6. The number of nitrogens with one attached hydrogen (secondary N) is 3. The van der Waals surface area contributed by atoms with E-state index in [1.165, 1.54) is 7.11 Å². The van der Waals surface area contributed by atoms with E-state index in [4.69, 9.17) is 18.9 Å². The lowest BCUT2D eigenvalue weighted by Crippen LogP contribution is -2.45. The number of halogens is 2. The summed E-state index contributed by atoms with van der Waals surface area (Å²) in [7, 11) is 1.28. The van der Waals surface area contributed by atoms with Crippen molar-refractivity contribution in [3.63, 3.8) is 0 Å². The molecule has 0 aromatic heterocycles. The van der Waals surface area contributed by atoms with Gasteiger partial charge in [0, 0.05) is 5.70 Å². The van der Waals surface area contributed by atoms with Crippen molar-refractivity contribution in [1.29, 1.82) is 0 Å². The Hall–Kier alpha value is -4.07. The molecule has 3 aromatic carbocycles. The van der Waals surface area contributed by atoms with Crippen molar-refractivity contribution in [1.82, 2.24) is 16.1 Å². The van der Waals surface area contributed by atoms with Crippen molar-refractivity contribution in [2.45, 2.75) is 32.7 Å². The number of urea groups is 1. The van der Waals surface area contributed by atoms with E-state index in [0.717, 1.165) is 20.1 Å². The number of aliphatic hydroxyl groups excluding tert-OH is 1. The number of ether oxygens (including phenoxy) is 4. The lowest BCUT2D eigenvalue weighted by atomic mass is 9.95. The quantitative estimate of drug-likeness (QED) is 0.0803. The van der Waals surface area contributed by atoms with Crippen LogP contribution in [0.2, 0.25) is 0 Å². The Bertz CT molecular complexity index is 1530. The molecule has 0 radical (unpaired) electrons. The van der Waals surface area contributed by atoms with Crippen LogP contribution in [0, 0.1) is 0 Å². The average Bonchev–Trinajstić information content (AvgIpc) is 3.00. The highest BCUT2D eigenvalue weighted by Crippen LogP contribution is 2.36. The molecule has 2 atom stereocenters. The van der Waals surface area contributed by atoms with Gasteiger partial charge in [-0.15, -0.1) is 0 Å². The van der Waals surface area contributed by atoms with E-state index in [0.29, 0.717) is 41.7 Å². The van der Waals surface area contributed by atoms with Crippen LogP contribution in [0.15, 0.2) is 86.0 Å². The normalized spacial score (nSPS) is 15.3. The predicted octanol–water partition coefficient (Wildman–Crippen LogP) is 5.31. The molecule has 1 heterocycles. The van der Waals surface area contributed by atoms with Gasteiger partial charge in [0.05, 0.1) is 40.5 Å². The van der Waals surface area contributed by atoms with Gasteiger partial charge >= 0.3 is 12.0 Å². The first-order valence-corrected chi connectivity index (χ1v) is 15.2. The molecule has 3 aromatic rings. The average molecular weight is 732 g/mol. The molecule has 13 heteroatoms. The van der Waals surface area contributed by atoms with Crippen LogP contribution in [0.3, 0.4) is 0 Å². The van der Waals surface area contributed by atoms with Crippen LogP contribution in [-0.2, 0) is 16.1 Å². The minimum atomic E-state index is -1.14. The monoisotopic (exact) mass is 730 g/mol. The van der Waals surface area contributed by atoms with Crippen LogP contribution in [0.1, 0.15) is 36.6 Å². The summed E-state index contributed by atoms with van der Waals surface area (Å²) in [6, 6.07) is 17.4. The Morgan fingerprint density at radius 2 is 1.80 bits per heavy atom. The number of hydrazone groups is 1. The maximum absolute atomic E-state index is 12.4. The molecule has 2 amide bonds. The molecule has 0 unspecified atom stereocenters. The molecule has 4 N–H and O–H groups in total. The number of nitrogens with zero attached hydrogens (tertiary/aromatic N) is 1. The van der Waals surface area contributed by atoms with E-state index >= 15 is 0 Å². The largest absolute Gasteiger partial charge is 0.490 e. The number of allylic oxidation sites excluding steroid dienone is 1. The Balaban J connectivity index is 1.37. The fraction of sp³-hybridized carbons (Fsp3) is 0.258. The van der Waals surface area contributed by atoms with Gasteiger partial charge < -0.3 is 34.7 Å². The third kappa shape index (κ3) is 8.52. The highest BCUT2D eigenvalue weighted by Gasteiger charge is 2.32. The Labute approximate surface area is 271 Å². The fourth-order valence-corrected chi connectivity index (χ4v) is 5.79. The number of esters is 1. The summed E-state index contributed by atoms with van der Waals surface area (Å²) in [5.74, 6) is 0.832. The summed E-state index contributed by atoms with van der Waals surface area (Å²) < 4.78 is 23.9. The molecule has 0 aliphatic carbocycles. The number of methoxy groups -OCH3 is 1. The molecule has 0 saturated heterocycles. The number of hydrogen-bond acceptors (Lipinski definition) is 9. The van der Waals surface area contributed by atoms with Gasteiger partial charge in [0.15, 0.2) is 17.7 Å². The number of amides is 2. The van der Waals surface area contributed by atoms with Crippen molar-refractivity contribution in [3.05, 3.63) is 97.6 Å². The molecule has 0 fully saturated rings. The fourth-order valence-electron chi connectivity index (χ4n) is 4.34. The summed E-state index contributed by atoms with van der Waals surface area (Å²) in [5.41, 5.74) is 5.70. The van der Waals surface area contributed by atoms with Crippen molar-refractivity contribution >= 4 is 50.1 Å². The van der Waals surface area contributed by atoms with Gasteiger partial charge in [0.2, 0.25) is 0 Å². The topological polar surface area (TPSA) is 140 Å². The highest BCUT2D eigenvalue weighted by molar-refractivity contribution is 9.11. The Morgan fingerprint density at radius 1 is 1.07 bits per heavy atom. The second-order valence-electron chi connectivity index (χ2n) is 9.50. The highest BCUT2D eigenvalue weighted by atomic mass is 79.9. The number of aliphatic hydroxyl groups is 1. The molecule has 0 saturated carbocycles. The van der Waals surface area contributed by atoms with Gasteiger partial charge in [-0.2, -0.15) is 5.10 Å². The minimum Gasteiger partial charge on any atom is -0.490 e. The number of carbonyl (C=O) groups excluding carboxylic acids is 2.